The Hall–Kier alpha value is -3.36. The summed E-state index contributed by atoms with van der Waals surface area (Å²) in [6, 6.07) is 19.8. The van der Waals surface area contributed by atoms with E-state index in [2.05, 4.69) is 34.0 Å². The Morgan fingerprint density at radius 1 is 0.939 bits per heavy atom. The number of carbonyl (C=O) groups excluding carboxylic acids is 1. The minimum atomic E-state index is -3.76. The highest BCUT2D eigenvalue weighted by atomic mass is 35.5. The molecule has 0 spiro atoms. The number of nitrogens with zero attached hydrogens (tertiary/aromatic N) is 2. The molecule has 3 rings (SSSR count). The van der Waals surface area contributed by atoms with Crippen LogP contribution < -0.4 is 15.0 Å². The van der Waals surface area contributed by atoms with Crippen LogP contribution in [0.4, 0.5) is 11.4 Å². The second-order valence-electron chi connectivity index (χ2n) is 7.10. The highest BCUT2D eigenvalue weighted by Crippen LogP contribution is 2.19. The van der Waals surface area contributed by atoms with Crippen LogP contribution in [-0.2, 0) is 10.0 Å². The van der Waals surface area contributed by atoms with Crippen molar-refractivity contribution in [1.82, 2.24) is 5.43 Å². The second-order valence-corrected chi connectivity index (χ2v) is 9.22. The first kappa shape index (κ1) is 24.3. The third-order valence-corrected chi connectivity index (χ3v) is 6.57. The average Bonchev–Trinajstić information content (AvgIpc) is 2.81. The van der Waals surface area contributed by atoms with Crippen molar-refractivity contribution in [2.24, 2.45) is 5.10 Å². The molecule has 0 aliphatic heterocycles. The topological polar surface area (TPSA) is 90.9 Å². The first-order valence-electron chi connectivity index (χ1n) is 10.4. The Morgan fingerprint density at radius 2 is 1.55 bits per heavy atom. The maximum atomic E-state index is 12.4. The maximum Gasteiger partial charge on any atom is 0.271 e. The van der Waals surface area contributed by atoms with Crippen LogP contribution in [-0.4, -0.2) is 33.6 Å². The molecule has 0 aliphatic rings. The second kappa shape index (κ2) is 11.0. The zero-order chi connectivity index (χ0) is 23.8. The lowest BCUT2D eigenvalue weighted by Gasteiger charge is -2.20. The van der Waals surface area contributed by atoms with Gasteiger partial charge in [0, 0.05) is 35.1 Å². The van der Waals surface area contributed by atoms with E-state index in [-0.39, 0.29) is 4.90 Å². The number of hydrogen-bond donors (Lipinski definition) is 2. The van der Waals surface area contributed by atoms with Crippen LogP contribution in [0.2, 0.25) is 5.02 Å². The van der Waals surface area contributed by atoms with Gasteiger partial charge in [-0.2, -0.15) is 5.10 Å². The first-order valence-corrected chi connectivity index (χ1v) is 12.3. The number of carbonyl (C=O) groups is 1. The zero-order valence-corrected chi connectivity index (χ0v) is 19.9. The van der Waals surface area contributed by atoms with Gasteiger partial charge < -0.3 is 4.90 Å². The molecule has 0 fully saturated rings. The molecule has 33 heavy (non-hydrogen) atoms. The number of nitrogens with one attached hydrogen (secondary N) is 2. The van der Waals surface area contributed by atoms with Gasteiger partial charge in [-0.3, -0.25) is 9.52 Å². The van der Waals surface area contributed by atoms with Gasteiger partial charge in [-0.05, 0) is 80.1 Å². The number of hydrogen-bond acceptors (Lipinski definition) is 5. The summed E-state index contributed by atoms with van der Waals surface area (Å²) < 4.78 is 27.4. The monoisotopic (exact) mass is 484 g/mol. The van der Waals surface area contributed by atoms with Crippen molar-refractivity contribution in [2.45, 2.75) is 18.7 Å². The molecule has 0 atom stereocenters. The Labute approximate surface area is 199 Å². The Bertz CT molecular complexity index is 1210. The van der Waals surface area contributed by atoms with E-state index in [0.717, 1.165) is 24.3 Å². The molecule has 9 heteroatoms. The van der Waals surface area contributed by atoms with Gasteiger partial charge in [-0.15, -0.1) is 0 Å². The third-order valence-electron chi connectivity index (χ3n) is 4.92. The SMILES string of the molecule is CCN(CC)c1ccc(/C=N/NC(=O)c2ccc(NS(=O)(=O)c3ccc(Cl)cc3)cc2)cc1. The molecule has 0 saturated carbocycles. The summed E-state index contributed by atoms with van der Waals surface area (Å²) in [6.45, 7) is 6.08. The molecule has 7 nitrogen and oxygen atoms in total. The lowest BCUT2D eigenvalue weighted by molar-refractivity contribution is 0.0955. The van der Waals surface area contributed by atoms with Gasteiger partial charge in [0.2, 0.25) is 0 Å². The molecular formula is C24H25ClN4O3S. The average molecular weight is 485 g/mol. The molecule has 0 aliphatic carbocycles. The van der Waals surface area contributed by atoms with Crippen molar-refractivity contribution in [2.75, 3.05) is 22.7 Å². The molecule has 1 amide bonds. The van der Waals surface area contributed by atoms with Crippen LogP contribution in [0.5, 0.6) is 0 Å². The standard InChI is InChI=1S/C24H25ClN4O3S/c1-3-29(4-2)22-13-5-18(6-14-22)17-26-27-24(30)19-7-11-21(12-8-19)28-33(31,32)23-15-9-20(25)10-16-23/h5-17,28H,3-4H2,1-2H3,(H,27,30)/b26-17+. The fourth-order valence-electron chi connectivity index (χ4n) is 3.11. The number of halogens is 1. The number of anilines is 2. The number of amides is 1. The van der Waals surface area contributed by atoms with E-state index < -0.39 is 15.9 Å². The van der Waals surface area contributed by atoms with Crippen LogP contribution >= 0.6 is 11.6 Å². The maximum absolute atomic E-state index is 12.4. The number of sulfonamides is 1. The van der Waals surface area contributed by atoms with Gasteiger partial charge in [0.25, 0.3) is 15.9 Å². The van der Waals surface area contributed by atoms with E-state index >= 15 is 0 Å². The van der Waals surface area contributed by atoms with Crippen molar-refractivity contribution in [1.29, 1.82) is 0 Å². The minimum Gasteiger partial charge on any atom is -0.372 e. The van der Waals surface area contributed by atoms with Gasteiger partial charge in [-0.25, -0.2) is 13.8 Å². The summed E-state index contributed by atoms with van der Waals surface area (Å²) in [5, 5.41) is 4.45. The van der Waals surface area contributed by atoms with Crippen molar-refractivity contribution >= 4 is 45.1 Å². The number of rotatable bonds is 9. The van der Waals surface area contributed by atoms with E-state index in [4.69, 9.17) is 11.6 Å². The molecule has 0 bridgehead atoms. The number of benzene rings is 3. The lowest BCUT2D eigenvalue weighted by atomic mass is 10.2. The summed E-state index contributed by atoms with van der Waals surface area (Å²) in [7, 11) is -3.76. The fourth-order valence-corrected chi connectivity index (χ4v) is 4.29. The summed E-state index contributed by atoms with van der Waals surface area (Å²) in [5.74, 6) is -0.405. The molecule has 3 aromatic carbocycles. The number of hydrazone groups is 1. The molecular weight excluding hydrogens is 460 g/mol. The lowest BCUT2D eigenvalue weighted by Crippen LogP contribution is -2.21. The van der Waals surface area contributed by atoms with Gasteiger partial charge in [0.05, 0.1) is 11.1 Å². The molecule has 172 valence electrons. The van der Waals surface area contributed by atoms with Crippen LogP contribution in [0.15, 0.2) is 82.8 Å². The molecule has 0 radical (unpaired) electrons. The summed E-state index contributed by atoms with van der Waals surface area (Å²) in [4.78, 5) is 14.7. The summed E-state index contributed by atoms with van der Waals surface area (Å²) in [5.41, 5.74) is 5.14. The minimum absolute atomic E-state index is 0.0909. The largest absolute Gasteiger partial charge is 0.372 e. The summed E-state index contributed by atoms with van der Waals surface area (Å²) >= 11 is 5.80. The van der Waals surface area contributed by atoms with E-state index in [1.165, 1.54) is 48.5 Å². The molecule has 0 heterocycles. The molecule has 0 aromatic heterocycles. The predicted octanol–water partition coefficient (Wildman–Crippen LogP) is 4.75. The molecule has 0 unspecified atom stereocenters. The van der Waals surface area contributed by atoms with Crippen LogP contribution in [0.3, 0.4) is 0 Å². The first-order chi connectivity index (χ1) is 15.8. The highest BCUT2D eigenvalue weighted by molar-refractivity contribution is 7.92. The van der Waals surface area contributed by atoms with E-state index in [0.29, 0.717) is 16.3 Å². The van der Waals surface area contributed by atoms with Crippen molar-refractivity contribution < 1.29 is 13.2 Å². The molecule has 3 aromatic rings. The predicted molar refractivity (Wildman–Crippen MR) is 134 cm³/mol. The van der Waals surface area contributed by atoms with Gasteiger partial charge in [0.1, 0.15) is 0 Å². The Kier molecular flexibility index (Phi) is 8.08. The van der Waals surface area contributed by atoms with E-state index in [1.807, 2.05) is 24.3 Å². The zero-order valence-electron chi connectivity index (χ0n) is 18.3. The van der Waals surface area contributed by atoms with Gasteiger partial charge in [0.15, 0.2) is 0 Å². The Balaban J connectivity index is 1.58. The van der Waals surface area contributed by atoms with Crippen LogP contribution in [0.1, 0.15) is 29.8 Å². The molecule has 0 saturated heterocycles. The van der Waals surface area contributed by atoms with Crippen LogP contribution in [0, 0.1) is 0 Å². The smallest absolute Gasteiger partial charge is 0.271 e. The van der Waals surface area contributed by atoms with Crippen LogP contribution in [0.25, 0.3) is 0 Å². The normalized spacial score (nSPS) is 11.4. The highest BCUT2D eigenvalue weighted by Gasteiger charge is 2.14. The Morgan fingerprint density at radius 3 is 2.12 bits per heavy atom. The quantitative estimate of drug-likeness (QED) is 0.338. The van der Waals surface area contributed by atoms with Crippen molar-refractivity contribution in [3.05, 3.63) is 88.9 Å². The van der Waals surface area contributed by atoms with E-state index in [9.17, 15) is 13.2 Å². The fraction of sp³-hybridized carbons (Fsp3) is 0.167. The third kappa shape index (κ3) is 6.57. The van der Waals surface area contributed by atoms with Crippen molar-refractivity contribution in [3.63, 3.8) is 0 Å². The molecule has 2 N–H and O–H groups in total. The van der Waals surface area contributed by atoms with Gasteiger partial charge >= 0.3 is 0 Å². The van der Waals surface area contributed by atoms with E-state index in [1.54, 1.807) is 6.21 Å². The van der Waals surface area contributed by atoms with Gasteiger partial charge in [-0.1, -0.05) is 23.7 Å². The summed E-state index contributed by atoms with van der Waals surface area (Å²) in [6.07, 6.45) is 1.57. The van der Waals surface area contributed by atoms with Crippen molar-refractivity contribution in [3.8, 4) is 0 Å².